The Labute approximate surface area is 144 Å². The second-order valence-corrected chi connectivity index (χ2v) is 7.35. The molecule has 1 aliphatic carbocycles. The Morgan fingerprint density at radius 1 is 1.14 bits per heavy atom. The van der Waals surface area contributed by atoms with E-state index < -0.39 is 10.3 Å². The van der Waals surface area contributed by atoms with Crippen LogP contribution in [-0.2, 0) is 4.79 Å². The Hall–Kier alpha value is -1.22. The van der Waals surface area contributed by atoms with Crippen molar-refractivity contribution in [2.75, 3.05) is 5.32 Å². The maximum Gasteiger partial charge on any atom is 0.231 e. The SMILES string of the molecule is Cc1ccc(NC(=O)[C@@H]2[C@H](c3ccccc3)C2(Cl)Cl)cc1Cl. The molecule has 2 nitrogen and oxygen atoms in total. The third-order valence-corrected chi connectivity index (χ3v) is 5.28. The zero-order chi connectivity index (χ0) is 15.9. The summed E-state index contributed by atoms with van der Waals surface area (Å²) in [6.07, 6.45) is 0. The molecule has 5 heteroatoms. The molecule has 1 N–H and O–H groups in total. The van der Waals surface area contributed by atoms with Crippen molar-refractivity contribution in [1.82, 2.24) is 0 Å². The molecular formula is C17H14Cl3NO. The average Bonchev–Trinajstić information content (AvgIpc) is 3.07. The number of anilines is 1. The molecule has 0 saturated heterocycles. The van der Waals surface area contributed by atoms with Gasteiger partial charge in [0.05, 0.1) is 5.92 Å². The van der Waals surface area contributed by atoms with E-state index in [1.165, 1.54) is 0 Å². The molecule has 0 unspecified atom stereocenters. The van der Waals surface area contributed by atoms with E-state index in [2.05, 4.69) is 5.32 Å². The van der Waals surface area contributed by atoms with Crippen LogP contribution in [0, 0.1) is 12.8 Å². The number of benzene rings is 2. The largest absolute Gasteiger partial charge is 0.326 e. The van der Waals surface area contributed by atoms with Gasteiger partial charge in [0.25, 0.3) is 0 Å². The van der Waals surface area contributed by atoms with Crippen LogP contribution in [0.1, 0.15) is 17.0 Å². The van der Waals surface area contributed by atoms with E-state index in [1.807, 2.05) is 49.4 Å². The molecule has 0 radical (unpaired) electrons. The molecule has 0 aliphatic heterocycles. The van der Waals surface area contributed by atoms with Crippen LogP contribution in [-0.4, -0.2) is 10.2 Å². The predicted molar refractivity (Wildman–Crippen MR) is 91.9 cm³/mol. The first-order chi connectivity index (χ1) is 10.4. The van der Waals surface area contributed by atoms with Crippen molar-refractivity contribution in [3.63, 3.8) is 0 Å². The van der Waals surface area contributed by atoms with Crippen LogP contribution in [0.25, 0.3) is 0 Å². The first kappa shape index (κ1) is 15.7. The smallest absolute Gasteiger partial charge is 0.231 e. The van der Waals surface area contributed by atoms with Gasteiger partial charge in [-0.25, -0.2) is 0 Å². The minimum atomic E-state index is -1.07. The van der Waals surface area contributed by atoms with Gasteiger partial charge in [-0.3, -0.25) is 4.79 Å². The second-order valence-electron chi connectivity index (χ2n) is 5.49. The standard InChI is InChI=1S/C17H14Cl3NO/c1-10-7-8-12(9-13(10)18)21-16(22)15-14(17(15,19)20)11-5-3-2-4-6-11/h2-9,14-15H,1H3,(H,21,22)/t14-,15-/m0/s1. The van der Waals surface area contributed by atoms with Crippen LogP contribution in [0.4, 0.5) is 5.69 Å². The maximum absolute atomic E-state index is 12.4. The molecule has 1 fully saturated rings. The molecular weight excluding hydrogens is 341 g/mol. The number of carbonyl (C=O) groups is 1. The fourth-order valence-electron chi connectivity index (χ4n) is 2.62. The molecule has 0 heterocycles. The van der Waals surface area contributed by atoms with Crippen molar-refractivity contribution in [3.05, 3.63) is 64.7 Å². The highest BCUT2D eigenvalue weighted by Crippen LogP contribution is 2.65. The molecule has 22 heavy (non-hydrogen) atoms. The summed E-state index contributed by atoms with van der Waals surface area (Å²) in [7, 11) is 0. The fraction of sp³-hybridized carbons (Fsp3) is 0.235. The number of amides is 1. The molecule has 0 aromatic heterocycles. The molecule has 1 aliphatic rings. The second kappa shape index (κ2) is 5.77. The van der Waals surface area contributed by atoms with Gasteiger partial charge in [-0.1, -0.05) is 48.0 Å². The number of halogens is 3. The Morgan fingerprint density at radius 2 is 1.82 bits per heavy atom. The Morgan fingerprint density at radius 3 is 2.45 bits per heavy atom. The first-order valence-corrected chi connectivity index (χ1v) is 8.04. The maximum atomic E-state index is 12.4. The van der Waals surface area contributed by atoms with E-state index in [0.29, 0.717) is 10.7 Å². The Balaban J connectivity index is 1.77. The lowest BCUT2D eigenvalue weighted by Crippen LogP contribution is -2.17. The summed E-state index contributed by atoms with van der Waals surface area (Å²) in [5.74, 6) is -0.866. The number of alkyl halides is 2. The van der Waals surface area contributed by atoms with Crippen LogP contribution >= 0.6 is 34.8 Å². The van der Waals surface area contributed by atoms with E-state index >= 15 is 0 Å². The van der Waals surface area contributed by atoms with E-state index in [-0.39, 0.29) is 11.8 Å². The summed E-state index contributed by atoms with van der Waals surface area (Å²) in [5.41, 5.74) is 2.57. The van der Waals surface area contributed by atoms with Crippen molar-refractivity contribution in [3.8, 4) is 0 Å². The average molecular weight is 355 g/mol. The summed E-state index contributed by atoms with van der Waals surface area (Å²) in [4.78, 5) is 12.4. The molecule has 2 aromatic carbocycles. The molecule has 1 saturated carbocycles. The quantitative estimate of drug-likeness (QED) is 0.757. The third kappa shape index (κ3) is 2.83. The fourth-order valence-corrected chi connectivity index (χ4v) is 3.63. The molecule has 3 rings (SSSR count). The number of hydrogen-bond acceptors (Lipinski definition) is 1. The highest BCUT2D eigenvalue weighted by molar-refractivity contribution is 6.53. The highest BCUT2D eigenvalue weighted by atomic mass is 35.5. The van der Waals surface area contributed by atoms with Gasteiger partial charge in [0, 0.05) is 16.6 Å². The normalized spacial score (nSPS) is 22.2. The van der Waals surface area contributed by atoms with Gasteiger partial charge in [0.1, 0.15) is 4.33 Å². The predicted octanol–water partition coefficient (Wildman–Crippen LogP) is 5.17. The Bertz CT molecular complexity index is 715. The zero-order valence-corrected chi connectivity index (χ0v) is 14.1. The summed E-state index contributed by atoms with van der Waals surface area (Å²) in [5, 5.41) is 3.44. The van der Waals surface area contributed by atoms with Gasteiger partial charge in [0.2, 0.25) is 5.91 Å². The molecule has 1 amide bonds. The number of carbonyl (C=O) groups excluding carboxylic acids is 1. The molecule has 0 spiro atoms. The first-order valence-electron chi connectivity index (χ1n) is 6.91. The topological polar surface area (TPSA) is 29.1 Å². The van der Waals surface area contributed by atoms with Gasteiger partial charge in [-0.15, -0.1) is 23.2 Å². The van der Waals surface area contributed by atoms with Crippen molar-refractivity contribution >= 4 is 46.4 Å². The van der Waals surface area contributed by atoms with Crippen LogP contribution in [0.5, 0.6) is 0 Å². The molecule has 114 valence electrons. The van der Waals surface area contributed by atoms with Crippen LogP contribution in [0.2, 0.25) is 5.02 Å². The van der Waals surface area contributed by atoms with Crippen molar-refractivity contribution in [1.29, 1.82) is 0 Å². The van der Waals surface area contributed by atoms with Gasteiger partial charge in [-0.2, -0.15) is 0 Å². The monoisotopic (exact) mass is 353 g/mol. The van der Waals surface area contributed by atoms with Crippen molar-refractivity contribution in [2.24, 2.45) is 5.92 Å². The molecule has 2 aromatic rings. The van der Waals surface area contributed by atoms with Crippen LogP contribution in [0.3, 0.4) is 0 Å². The van der Waals surface area contributed by atoms with Gasteiger partial charge in [-0.05, 0) is 30.2 Å². The van der Waals surface area contributed by atoms with Crippen LogP contribution < -0.4 is 5.32 Å². The summed E-state index contributed by atoms with van der Waals surface area (Å²) in [6, 6.07) is 15.0. The van der Waals surface area contributed by atoms with Gasteiger partial charge in [0.15, 0.2) is 0 Å². The van der Waals surface area contributed by atoms with E-state index in [4.69, 9.17) is 34.8 Å². The lowest BCUT2D eigenvalue weighted by Gasteiger charge is -2.07. The number of nitrogens with one attached hydrogen (secondary N) is 1. The molecule has 2 atom stereocenters. The summed E-state index contributed by atoms with van der Waals surface area (Å²) in [6.45, 7) is 1.91. The minimum absolute atomic E-state index is 0.196. The summed E-state index contributed by atoms with van der Waals surface area (Å²) < 4.78 is -1.07. The van der Waals surface area contributed by atoms with Gasteiger partial charge < -0.3 is 5.32 Å². The van der Waals surface area contributed by atoms with Crippen molar-refractivity contribution < 1.29 is 4.79 Å². The van der Waals surface area contributed by atoms with Crippen molar-refractivity contribution in [2.45, 2.75) is 17.2 Å². The highest BCUT2D eigenvalue weighted by Gasteiger charge is 2.67. The van der Waals surface area contributed by atoms with E-state index in [9.17, 15) is 4.79 Å². The number of hydrogen-bond donors (Lipinski definition) is 1. The zero-order valence-electron chi connectivity index (χ0n) is 11.8. The lowest BCUT2D eigenvalue weighted by atomic mass is 10.1. The number of rotatable bonds is 3. The van der Waals surface area contributed by atoms with E-state index in [0.717, 1.165) is 11.1 Å². The Kier molecular flexibility index (Phi) is 4.11. The van der Waals surface area contributed by atoms with Gasteiger partial charge >= 0.3 is 0 Å². The minimum Gasteiger partial charge on any atom is -0.326 e. The van der Waals surface area contributed by atoms with E-state index in [1.54, 1.807) is 6.07 Å². The summed E-state index contributed by atoms with van der Waals surface area (Å²) >= 11 is 18.7. The number of aryl methyl sites for hydroxylation is 1. The third-order valence-electron chi connectivity index (χ3n) is 3.93. The van der Waals surface area contributed by atoms with Crippen LogP contribution in [0.15, 0.2) is 48.5 Å². The molecule has 0 bridgehead atoms. The lowest BCUT2D eigenvalue weighted by molar-refractivity contribution is -0.117.